The summed E-state index contributed by atoms with van der Waals surface area (Å²) in [7, 11) is 0. The zero-order chi connectivity index (χ0) is 13.4. The Morgan fingerprint density at radius 3 is 2.35 bits per heavy atom. The Bertz CT molecular complexity index is 261. The molecule has 0 aliphatic rings. The predicted molar refractivity (Wildman–Crippen MR) is 55.7 cm³/mol. The number of aliphatic hydroxyl groups is 4. The summed E-state index contributed by atoms with van der Waals surface area (Å²) in [6, 6.07) is 0. The van der Waals surface area contributed by atoms with Crippen LogP contribution in [0.15, 0.2) is 5.57 Å². The average Bonchev–Trinajstić information content (AvgIpc) is 2.22. The van der Waals surface area contributed by atoms with E-state index in [9.17, 15) is 9.90 Å². The van der Waals surface area contributed by atoms with Gasteiger partial charge in [-0.3, -0.25) is 0 Å². The van der Waals surface area contributed by atoms with Crippen molar-refractivity contribution in [3.05, 3.63) is 11.8 Å². The summed E-state index contributed by atoms with van der Waals surface area (Å²) < 4.78 is 4.59. The van der Waals surface area contributed by atoms with Crippen LogP contribution in [0, 0.1) is 6.26 Å². The molecule has 0 saturated carbocycles. The molecular formula is C10H17O7. The smallest absolute Gasteiger partial charge is 0.338 e. The molecule has 1 radical (unpaired) electrons. The van der Waals surface area contributed by atoms with Gasteiger partial charge in [0.05, 0.1) is 18.8 Å². The van der Waals surface area contributed by atoms with Crippen molar-refractivity contribution >= 4 is 5.97 Å². The first-order valence-electron chi connectivity index (χ1n) is 5.01. The van der Waals surface area contributed by atoms with Crippen LogP contribution >= 0.6 is 0 Å². The van der Waals surface area contributed by atoms with Crippen molar-refractivity contribution in [3.63, 3.8) is 0 Å². The Morgan fingerprint density at radius 2 is 1.94 bits per heavy atom. The third kappa shape index (κ3) is 6.90. The number of carboxylic acids is 1. The molecule has 0 aromatic rings. The van der Waals surface area contributed by atoms with E-state index in [-0.39, 0.29) is 13.0 Å². The Labute approximate surface area is 98.6 Å². The van der Waals surface area contributed by atoms with Gasteiger partial charge >= 0.3 is 5.97 Å². The predicted octanol–water partition coefficient (Wildman–Crippen LogP) is -1.74. The van der Waals surface area contributed by atoms with Gasteiger partial charge in [0.2, 0.25) is 0 Å². The number of aliphatic hydroxyl groups excluding tert-OH is 4. The number of hydrogen-bond donors (Lipinski definition) is 5. The minimum Gasteiger partial charge on any atom is -0.486 e. The highest BCUT2D eigenvalue weighted by molar-refractivity contribution is 5.86. The molecule has 17 heavy (non-hydrogen) atoms. The molecule has 5 N–H and O–H groups in total. The van der Waals surface area contributed by atoms with Crippen LogP contribution in [0.4, 0.5) is 0 Å². The van der Waals surface area contributed by atoms with Crippen LogP contribution in [-0.4, -0.2) is 63.0 Å². The summed E-state index contributed by atoms with van der Waals surface area (Å²) in [5, 5.41) is 44.6. The molecule has 3 atom stereocenters. The van der Waals surface area contributed by atoms with Crippen LogP contribution in [0.25, 0.3) is 0 Å². The molecular weight excluding hydrogens is 232 g/mol. The Balaban J connectivity index is 4.41. The first-order valence-corrected chi connectivity index (χ1v) is 5.01. The molecule has 0 saturated heterocycles. The van der Waals surface area contributed by atoms with Gasteiger partial charge in [-0.05, 0) is 6.92 Å². The van der Waals surface area contributed by atoms with Gasteiger partial charge < -0.3 is 30.3 Å². The van der Waals surface area contributed by atoms with E-state index in [2.05, 4.69) is 4.74 Å². The molecule has 0 aromatic heterocycles. The monoisotopic (exact) mass is 249 g/mol. The molecule has 0 rings (SSSR count). The molecule has 0 bridgehead atoms. The summed E-state index contributed by atoms with van der Waals surface area (Å²) in [4.78, 5) is 10.7. The number of aliphatic carboxylic acids is 1. The second-order valence-corrected chi connectivity index (χ2v) is 3.57. The van der Waals surface area contributed by atoms with Crippen LogP contribution < -0.4 is 0 Å². The minimum atomic E-state index is -1.43. The van der Waals surface area contributed by atoms with E-state index in [1.54, 1.807) is 0 Å². The van der Waals surface area contributed by atoms with Crippen molar-refractivity contribution in [2.75, 3.05) is 13.2 Å². The van der Waals surface area contributed by atoms with Crippen molar-refractivity contribution < 1.29 is 35.1 Å². The lowest BCUT2D eigenvalue weighted by Crippen LogP contribution is -2.24. The van der Waals surface area contributed by atoms with Gasteiger partial charge in [0.1, 0.15) is 18.3 Å². The number of hydrogen-bond acceptors (Lipinski definition) is 6. The van der Waals surface area contributed by atoms with E-state index in [1.807, 2.05) is 6.26 Å². The largest absolute Gasteiger partial charge is 0.486 e. The Hall–Kier alpha value is -1.15. The van der Waals surface area contributed by atoms with Gasteiger partial charge in [0, 0.05) is 6.42 Å². The molecule has 0 aliphatic carbocycles. The molecule has 0 heterocycles. The Kier molecular flexibility index (Phi) is 7.47. The van der Waals surface area contributed by atoms with E-state index in [0.29, 0.717) is 0 Å². The average molecular weight is 249 g/mol. The normalized spacial score (nSPS) is 17.4. The SMILES string of the molecule is CC(O)CC(O)C(=[C]OCC(O)CO)C(=O)O. The summed E-state index contributed by atoms with van der Waals surface area (Å²) in [5.74, 6) is -1.43. The van der Waals surface area contributed by atoms with Crippen molar-refractivity contribution in [2.24, 2.45) is 0 Å². The maximum atomic E-state index is 10.7. The van der Waals surface area contributed by atoms with Gasteiger partial charge in [-0.2, -0.15) is 0 Å². The molecule has 0 amide bonds. The molecule has 7 heteroatoms. The first kappa shape index (κ1) is 15.9. The topological polar surface area (TPSA) is 127 Å². The molecule has 3 unspecified atom stereocenters. The lowest BCUT2D eigenvalue weighted by molar-refractivity contribution is -0.134. The maximum Gasteiger partial charge on any atom is 0.338 e. The standard InChI is InChI=1S/C10H17O7/c1-6(12)2-9(14)8(10(15)16)5-17-4-7(13)3-11/h6-7,9,11-14H,2-4H2,1H3,(H,15,16). The van der Waals surface area contributed by atoms with Crippen LogP contribution in [0.1, 0.15) is 13.3 Å². The summed E-state index contributed by atoms with van der Waals surface area (Å²) >= 11 is 0. The van der Waals surface area contributed by atoms with Crippen LogP contribution in [0.5, 0.6) is 0 Å². The summed E-state index contributed by atoms with van der Waals surface area (Å²) in [5.41, 5.74) is -0.545. The Morgan fingerprint density at radius 1 is 1.35 bits per heavy atom. The molecule has 99 valence electrons. The van der Waals surface area contributed by atoms with Gasteiger partial charge in [-0.25, -0.2) is 4.79 Å². The fourth-order valence-electron chi connectivity index (χ4n) is 0.963. The van der Waals surface area contributed by atoms with Crippen LogP contribution in [0.2, 0.25) is 0 Å². The van der Waals surface area contributed by atoms with Gasteiger partial charge in [0.25, 0.3) is 0 Å². The van der Waals surface area contributed by atoms with E-state index in [4.69, 9.17) is 20.4 Å². The van der Waals surface area contributed by atoms with E-state index < -0.39 is 36.5 Å². The lowest BCUT2D eigenvalue weighted by atomic mass is 10.1. The zero-order valence-electron chi connectivity index (χ0n) is 9.41. The number of carboxylic acid groups (broad SMARTS) is 1. The van der Waals surface area contributed by atoms with Crippen molar-refractivity contribution in [1.29, 1.82) is 0 Å². The van der Waals surface area contributed by atoms with Crippen molar-refractivity contribution in [1.82, 2.24) is 0 Å². The highest BCUT2D eigenvalue weighted by atomic mass is 16.5. The highest BCUT2D eigenvalue weighted by Crippen LogP contribution is 2.09. The third-order valence-corrected chi connectivity index (χ3v) is 1.80. The molecule has 0 aromatic carbocycles. The number of carbonyl (C=O) groups is 1. The van der Waals surface area contributed by atoms with Crippen molar-refractivity contribution in [2.45, 2.75) is 31.7 Å². The van der Waals surface area contributed by atoms with Gasteiger partial charge in [-0.15, -0.1) is 0 Å². The zero-order valence-corrected chi connectivity index (χ0v) is 9.41. The first-order chi connectivity index (χ1) is 7.88. The van der Waals surface area contributed by atoms with Crippen molar-refractivity contribution in [3.8, 4) is 0 Å². The van der Waals surface area contributed by atoms with E-state index in [0.717, 1.165) is 0 Å². The van der Waals surface area contributed by atoms with Crippen LogP contribution in [0.3, 0.4) is 0 Å². The molecule has 0 spiro atoms. The molecule has 7 nitrogen and oxygen atoms in total. The fraction of sp³-hybridized carbons (Fsp3) is 0.700. The number of ether oxygens (including phenoxy) is 1. The maximum absolute atomic E-state index is 10.7. The fourth-order valence-corrected chi connectivity index (χ4v) is 0.963. The second-order valence-electron chi connectivity index (χ2n) is 3.57. The van der Waals surface area contributed by atoms with E-state index >= 15 is 0 Å². The lowest BCUT2D eigenvalue weighted by Gasteiger charge is -2.13. The van der Waals surface area contributed by atoms with E-state index in [1.165, 1.54) is 6.92 Å². The third-order valence-electron chi connectivity index (χ3n) is 1.80. The quantitative estimate of drug-likeness (QED) is 0.255. The number of rotatable bonds is 8. The summed E-state index contributed by atoms with van der Waals surface area (Å²) in [6.07, 6.45) is -1.63. The summed E-state index contributed by atoms with van der Waals surface area (Å²) in [6.45, 7) is 0.536. The molecule has 0 aliphatic heterocycles. The molecule has 0 fully saturated rings. The van der Waals surface area contributed by atoms with Gasteiger partial charge in [-0.1, -0.05) is 0 Å². The minimum absolute atomic E-state index is 0.166. The van der Waals surface area contributed by atoms with Gasteiger partial charge in [0.15, 0.2) is 6.26 Å². The highest BCUT2D eigenvalue weighted by Gasteiger charge is 2.21. The van der Waals surface area contributed by atoms with Crippen LogP contribution in [-0.2, 0) is 9.53 Å². The second kappa shape index (κ2) is 8.02.